The van der Waals surface area contributed by atoms with Gasteiger partial charge in [0.25, 0.3) is 10.0 Å². The first-order chi connectivity index (χ1) is 13.0. The Bertz CT molecular complexity index is 887. The number of guanidine groups is 1. The molecule has 2 N–H and O–H groups in total. The van der Waals surface area contributed by atoms with Crippen LogP contribution in [0.15, 0.2) is 28.1 Å². The Hall–Kier alpha value is -2.36. The standard InChI is InChI=1S/C18H25FN4O4S/c1-18(2,3)27-17(24)23-8-6-12(7-9-23)11-20-16-21-14-5-4-13(19)10-15(14)28(25,26)22-16/h4-5,10,12H,6-9,11H2,1-3H3,(H2,20,21,22). The summed E-state index contributed by atoms with van der Waals surface area (Å²) in [6, 6.07) is 3.53. The highest BCUT2D eigenvalue weighted by atomic mass is 32.2. The third-order valence-electron chi connectivity index (χ3n) is 4.49. The fourth-order valence-corrected chi connectivity index (χ4v) is 4.23. The molecule has 1 amide bonds. The van der Waals surface area contributed by atoms with Gasteiger partial charge in [0.05, 0.1) is 5.69 Å². The van der Waals surface area contributed by atoms with E-state index in [2.05, 4.69) is 15.0 Å². The molecule has 10 heteroatoms. The minimum absolute atomic E-state index is 0.119. The van der Waals surface area contributed by atoms with E-state index in [1.807, 2.05) is 20.8 Å². The second-order valence-electron chi connectivity index (χ2n) is 7.97. The van der Waals surface area contributed by atoms with Crippen LogP contribution < -0.4 is 10.0 Å². The van der Waals surface area contributed by atoms with Crippen molar-refractivity contribution < 1.29 is 22.3 Å². The molecule has 0 radical (unpaired) electrons. The molecule has 2 aliphatic rings. The summed E-state index contributed by atoms with van der Waals surface area (Å²) in [5.74, 6) is -0.274. The van der Waals surface area contributed by atoms with Crippen LogP contribution in [0.25, 0.3) is 0 Å². The normalized spacial score (nSPS) is 20.9. The van der Waals surface area contributed by atoms with E-state index in [1.54, 1.807) is 4.90 Å². The number of hydrogen-bond acceptors (Lipinski definition) is 5. The van der Waals surface area contributed by atoms with Crippen LogP contribution in [0, 0.1) is 11.7 Å². The highest BCUT2D eigenvalue weighted by Gasteiger charge is 2.29. The Morgan fingerprint density at radius 3 is 2.64 bits per heavy atom. The summed E-state index contributed by atoms with van der Waals surface area (Å²) in [6.45, 7) is 7.07. The third-order valence-corrected chi connectivity index (χ3v) is 5.87. The molecular weight excluding hydrogens is 387 g/mol. The zero-order chi connectivity index (χ0) is 20.5. The molecule has 28 heavy (non-hydrogen) atoms. The zero-order valence-corrected chi connectivity index (χ0v) is 17.0. The van der Waals surface area contributed by atoms with Gasteiger partial charge in [-0.05, 0) is 57.7 Å². The summed E-state index contributed by atoms with van der Waals surface area (Å²) in [6.07, 6.45) is 1.19. The average molecular weight is 412 g/mol. The Morgan fingerprint density at radius 2 is 2.00 bits per heavy atom. The predicted molar refractivity (Wildman–Crippen MR) is 103 cm³/mol. The van der Waals surface area contributed by atoms with Gasteiger partial charge >= 0.3 is 6.09 Å². The molecule has 0 aliphatic carbocycles. The first kappa shape index (κ1) is 20.4. The number of sulfonamides is 1. The van der Waals surface area contributed by atoms with E-state index in [-0.39, 0.29) is 22.9 Å². The second kappa shape index (κ2) is 7.57. The van der Waals surface area contributed by atoms with E-state index in [4.69, 9.17) is 4.74 Å². The van der Waals surface area contributed by atoms with Crippen LogP contribution in [0.2, 0.25) is 0 Å². The molecule has 1 fully saturated rings. The SMILES string of the molecule is CC(C)(C)OC(=O)N1CCC(CN=C2Nc3ccc(F)cc3S(=O)(=O)N2)CC1. The predicted octanol–water partition coefficient (Wildman–Crippen LogP) is 2.53. The lowest BCUT2D eigenvalue weighted by molar-refractivity contribution is 0.0187. The van der Waals surface area contributed by atoms with Gasteiger partial charge < -0.3 is 15.0 Å². The minimum atomic E-state index is -3.86. The Balaban J connectivity index is 1.57. The van der Waals surface area contributed by atoms with Crippen LogP contribution in [0.4, 0.5) is 14.9 Å². The summed E-state index contributed by atoms with van der Waals surface area (Å²) >= 11 is 0. The number of ether oxygens (including phenoxy) is 1. The van der Waals surface area contributed by atoms with Crippen LogP contribution in [0.5, 0.6) is 0 Å². The maximum atomic E-state index is 13.3. The molecular formula is C18H25FN4O4S. The number of nitrogens with zero attached hydrogens (tertiary/aromatic N) is 2. The first-order valence-electron chi connectivity index (χ1n) is 9.15. The molecule has 154 valence electrons. The number of carbonyl (C=O) groups excluding carboxylic acids is 1. The van der Waals surface area contributed by atoms with Gasteiger partial charge in [0.1, 0.15) is 16.3 Å². The monoisotopic (exact) mass is 412 g/mol. The highest BCUT2D eigenvalue weighted by Crippen LogP contribution is 2.26. The van der Waals surface area contributed by atoms with Gasteiger partial charge in [-0.3, -0.25) is 4.99 Å². The zero-order valence-electron chi connectivity index (χ0n) is 16.2. The van der Waals surface area contributed by atoms with Crippen molar-refractivity contribution >= 4 is 27.8 Å². The van der Waals surface area contributed by atoms with Crippen LogP contribution in [0.1, 0.15) is 33.6 Å². The number of benzene rings is 1. The summed E-state index contributed by atoms with van der Waals surface area (Å²) in [5.41, 5.74) is -0.234. The van der Waals surface area contributed by atoms with Crippen molar-refractivity contribution in [2.75, 3.05) is 25.0 Å². The molecule has 1 aromatic rings. The van der Waals surface area contributed by atoms with E-state index >= 15 is 0 Å². The molecule has 0 saturated carbocycles. The van der Waals surface area contributed by atoms with Crippen LogP contribution in [-0.4, -0.2) is 50.6 Å². The van der Waals surface area contributed by atoms with Crippen molar-refractivity contribution in [2.24, 2.45) is 10.9 Å². The molecule has 1 saturated heterocycles. The lowest BCUT2D eigenvalue weighted by Crippen LogP contribution is -2.43. The Kier molecular flexibility index (Phi) is 5.51. The Labute approximate surface area is 164 Å². The number of nitrogens with one attached hydrogen (secondary N) is 2. The van der Waals surface area contributed by atoms with Gasteiger partial charge in [0.2, 0.25) is 5.96 Å². The molecule has 0 unspecified atom stereocenters. The molecule has 0 spiro atoms. The molecule has 8 nitrogen and oxygen atoms in total. The molecule has 0 bridgehead atoms. The van der Waals surface area contributed by atoms with Gasteiger partial charge in [-0.1, -0.05) is 0 Å². The van der Waals surface area contributed by atoms with Crippen molar-refractivity contribution in [1.82, 2.24) is 9.62 Å². The first-order valence-corrected chi connectivity index (χ1v) is 10.6. The average Bonchev–Trinajstić information content (AvgIpc) is 2.59. The number of halogens is 1. The number of fused-ring (bicyclic) bond motifs is 1. The number of rotatable bonds is 2. The van der Waals surface area contributed by atoms with Gasteiger partial charge in [0, 0.05) is 19.6 Å². The molecule has 2 heterocycles. The van der Waals surface area contributed by atoms with Gasteiger partial charge in [-0.15, -0.1) is 0 Å². The minimum Gasteiger partial charge on any atom is -0.444 e. The van der Waals surface area contributed by atoms with Crippen molar-refractivity contribution in [3.8, 4) is 0 Å². The fourth-order valence-electron chi connectivity index (χ4n) is 3.07. The number of aliphatic imine (C=N–C) groups is 1. The van der Waals surface area contributed by atoms with Crippen LogP contribution >= 0.6 is 0 Å². The molecule has 0 aromatic heterocycles. The van der Waals surface area contributed by atoms with E-state index in [9.17, 15) is 17.6 Å². The molecule has 0 atom stereocenters. The lowest BCUT2D eigenvalue weighted by Gasteiger charge is -2.33. The van der Waals surface area contributed by atoms with E-state index in [0.717, 1.165) is 18.9 Å². The van der Waals surface area contributed by atoms with Crippen LogP contribution in [-0.2, 0) is 14.8 Å². The number of hydrogen-bond donors (Lipinski definition) is 2. The summed E-state index contributed by atoms with van der Waals surface area (Å²) in [5, 5.41) is 2.88. The summed E-state index contributed by atoms with van der Waals surface area (Å²) in [7, 11) is -3.86. The number of amides is 1. The number of carbonyl (C=O) groups is 1. The highest BCUT2D eigenvalue weighted by molar-refractivity contribution is 7.90. The van der Waals surface area contributed by atoms with Gasteiger partial charge in [-0.25, -0.2) is 22.3 Å². The fraction of sp³-hybridized carbons (Fsp3) is 0.556. The Morgan fingerprint density at radius 1 is 1.32 bits per heavy atom. The van der Waals surface area contributed by atoms with Crippen LogP contribution in [0.3, 0.4) is 0 Å². The topological polar surface area (TPSA) is 100 Å². The van der Waals surface area contributed by atoms with Gasteiger partial charge in [0.15, 0.2) is 0 Å². The largest absolute Gasteiger partial charge is 0.444 e. The van der Waals surface area contributed by atoms with Crippen molar-refractivity contribution in [3.05, 3.63) is 24.0 Å². The van der Waals surface area contributed by atoms with E-state index in [1.165, 1.54) is 12.1 Å². The smallest absolute Gasteiger partial charge is 0.410 e. The maximum absolute atomic E-state index is 13.3. The summed E-state index contributed by atoms with van der Waals surface area (Å²) < 4.78 is 45.5. The van der Waals surface area contributed by atoms with E-state index < -0.39 is 21.4 Å². The summed E-state index contributed by atoms with van der Waals surface area (Å²) in [4.78, 5) is 18.0. The van der Waals surface area contributed by atoms with Crippen molar-refractivity contribution in [3.63, 3.8) is 0 Å². The molecule has 2 aliphatic heterocycles. The number of likely N-dealkylation sites (tertiary alicyclic amines) is 1. The van der Waals surface area contributed by atoms with E-state index in [0.29, 0.717) is 25.3 Å². The number of piperidine rings is 1. The second-order valence-corrected chi connectivity index (χ2v) is 9.62. The third kappa shape index (κ3) is 4.92. The lowest BCUT2D eigenvalue weighted by atomic mass is 9.97. The molecule has 1 aromatic carbocycles. The quantitative estimate of drug-likeness (QED) is 0.778. The molecule has 3 rings (SSSR count). The van der Waals surface area contributed by atoms with Crippen molar-refractivity contribution in [1.29, 1.82) is 0 Å². The van der Waals surface area contributed by atoms with Crippen molar-refractivity contribution in [2.45, 2.75) is 44.1 Å². The number of anilines is 1. The van der Waals surface area contributed by atoms with Gasteiger partial charge in [-0.2, -0.15) is 0 Å². The maximum Gasteiger partial charge on any atom is 0.410 e.